The molecule has 184 valence electrons. The molecule has 0 saturated heterocycles. The summed E-state index contributed by atoms with van der Waals surface area (Å²) >= 11 is 0. The van der Waals surface area contributed by atoms with E-state index in [4.69, 9.17) is 19.2 Å². The van der Waals surface area contributed by atoms with E-state index in [1.54, 1.807) is 0 Å². The molecule has 1 amide bonds. The first kappa shape index (κ1) is 22.1. The summed E-state index contributed by atoms with van der Waals surface area (Å²) in [6, 6.07) is 24.4. The third-order valence-corrected chi connectivity index (χ3v) is 7.84. The van der Waals surface area contributed by atoms with Crippen LogP contribution in [-0.2, 0) is 16.8 Å². The fraction of sp³-hybridized carbons (Fsp3) is 0.226. The van der Waals surface area contributed by atoms with Gasteiger partial charge in [-0.2, -0.15) is 4.48 Å². The quantitative estimate of drug-likeness (QED) is 0.340. The molecule has 4 aromatic rings. The number of quaternary nitrogens is 1. The summed E-state index contributed by atoms with van der Waals surface area (Å²) in [6.07, 6.45) is 0. The zero-order valence-electron chi connectivity index (χ0n) is 21.1. The molecule has 6 heteroatoms. The Hall–Kier alpha value is -4.16. The number of carbonyl (C=O) groups is 1. The first-order chi connectivity index (χ1) is 17.9. The van der Waals surface area contributed by atoms with Crippen LogP contribution in [0, 0.1) is 20.8 Å². The molecule has 2 unspecified atom stereocenters. The Morgan fingerprint density at radius 2 is 1.62 bits per heavy atom. The Kier molecular flexibility index (Phi) is 4.57. The molecular formula is C31H27N2O4+. The van der Waals surface area contributed by atoms with Crippen LogP contribution in [0.2, 0.25) is 0 Å². The number of hydrogen-bond donors (Lipinski definition) is 0. The average molecular weight is 492 g/mol. The van der Waals surface area contributed by atoms with E-state index in [1.165, 1.54) is 0 Å². The summed E-state index contributed by atoms with van der Waals surface area (Å²) in [6.45, 7) is 6.95. The van der Waals surface area contributed by atoms with Crippen LogP contribution in [0.4, 0.5) is 11.5 Å². The maximum atomic E-state index is 15.3. The van der Waals surface area contributed by atoms with Gasteiger partial charge in [-0.1, -0.05) is 48.0 Å². The molecule has 6 nitrogen and oxygen atoms in total. The highest BCUT2D eigenvalue weighted by atomic mass is 16.7. The number of carbonyl (C=O) groups excluding carboxylic acids is 1. The van der Waals surface area contributed by atoms with Crippen molar-refractivity contribution < 1.29 is 19.0 Å². The summed E-state index contributed by atoms with van der Waals surface area (Å²) in [5.41, 5.74) is 5.90. The van der Waals surface area contributed by atoms with Crippen molar-refractivity contribution in [1.29, 1.82) is 0 Å². The van der Waals surface area contributed by atoms with Crippen molar-refractivity contribution in [1.82, 2.24) is 9.47 Å². The Morgan fingerprint density at radius 1 is 0.811 bits per heavy atom. The van der Waals surface area contributed by atoms with Crippen molar-refractivity contribution in [3.05, 3.63) is 106 Å². The van der Waals surface area contributed by atoms with Crippen LogP contribution in [0.1, 0.15) is 33.5 Å². The second-order valence-corrected chi connectivity index (χ2v) is 10.3. The zero-order valence-corrected chi connectivity index (χ0v) is 21.1. The number of aryl methyl sites for hydroxylation is 3. The average Bonchev–Trinajstić information content (AvgIpc) is 3.54. The van der Waals surface area contributed by atoms with Crippen molar-refractivity contribution >= 4 is 17.4 Å². The topological polar surface area (TPSA) is 57.7 Å². The van der Waals surface area contributed by atoms with Gasteiger partial charge in [0.05, 0.1) is 0 Å². The highest BCUT2D eigenvalue weighted by molar-refractivity contribution is 6.11. The SMILES string of the molecule is Cc1cccc(C[N+]2(c3cc(C)cc(C)n3)C(=O)C3(COc4cc5c(cc43)OCO5)c3ccccc32)c1. The van der Waals surface area contributed by atoms with Crippen LogP contribution in [0.5, 0.6) is 17.2 Å². The van der Waals surface area contributed by atoms with Crippen molar-refractivity contribution in [3.63, 3.8) is 0 Å². The van der Waals surface area contributed by atoms with E-state index in [2.05, 4.69) is 44.2 Å². The van der Waals surface area contributed by atoms with Crippen molar-refractivity contribution in [2.75, 3.05) is 13.4 Å². The summed E-state index contributed by atoms with van der Waals surface area (Å²) < 4.78 is 17.6. The van der Waals surface area contributed by atoms with Gasteiger partial charge in [-0.3, -0.25) is 0 Å². The Bertz CT molecular complexity index is 1590. The molecule has 1 aromatic heterocycles. The maximum Gasteiger partial charge on any atom is 0.344 e. The standard InChI is InChI=1S/C31H27N2O4/c1-19-7-6-8-22(12-19)16-33(29-13-20(2)11-21(3)32-29)25-10-5-4-9-23(25)31(30(33)34)17-35-26-15-28-27(14-24(26)31)36-18-37-28/h4-15H,16-18H2,1-3H3/q+1. The summed E-state index contributed by atoms with van der Waals surface area (Å²) in [7, 11) is 0. The molecule has 0 fully saturated rings. The molecule has 1 spiro atoms. The second-order valence-electron chi connectivity index (χ2n) is 10.3. The normalized spacial score (nSPS) is 22.7. The Balaban J connectivity index is 1.53. The summed E-state index contributed by atoms with van der Waals surface area (Å²) in [5.74, 6) is 2.71. The lowest BCUT2D eigenvalue weighted by molar-refractivity contribution is -0.131. The van der Waals surface area contributed by atoms with Crippen molar-refractivity contribution in [2.24, 2.45) is 0 Å². The molecule has 4 heterocycles. The largest absolute Gasteiger partial charge is 0.491 e. The molecule has 3 aliphatic rings. The van der Waals surface area contributed by atoms with Gasteiger partial charge in [0.1, 0.15) is 18.9 Å². The number of pyridine rings is 1. The van der Waals surface area contributed by atoms with E-state index in [0.29, 0.717) is 23.8 Å². The van der Waals surface area contributed by atoms with Gasteiger partial charge in [-0.05, 0) is 38.5 Å². The predicted octanol–water partition coefficient (Wildman–Crippen LogP) is 5.79. The fourth-order valence-corrected chi connectivity index (χ4v) is 6.32. The zero-order chi connectivity index (χ0) is 25.4. The molecule has 0 bridgehead atoms. The van der Waals surface area contributed by atoms with Gasteiger partial charge in [-0.25, -0.2) is 9.78 Å². The van der Waals surface area contributed by atoms with Crippen LogP contribution < -0.4 is 18.7 Å². The third kappa shape index (κ3) is 2.96. The van der Waals surface area contributed by atoms with Gasteiger partial charge in [0, 0.05) is 40.6 Å². The minimum Gasteiger partial charge on any atom is -0.491 e. The van der Waals surface area contributed by atoms with Gasteiger partial charge < -0.3 is 14.2 Å². The fourth-order valence-electron chi connectivity index (χ4n) is 6.32. The number of ether oxygens (including phenoxy) is 3. The van der Waals surface area contributed by atoms with E-state index in [0.717, 1.165) is 45.0 Å². The smallest absolute Gasteiger partial charge is 0.344 e. The molecule has 3 aliphatic heterocycles. The van der Waals surface area contributed by atoms with E-state index < -0.39 is 5.41 Å². The third-order valence-electron chi connectivity index (χ3n) is 7.84. The summed E-state index contributed by atoms with van der Waals surface area (Å²) in [4.78, 5) is 20.3. The first-order valence-electron chi connectivity index (χ1n) is 12.5. The van der Waals surface area contributed by atoms with E-state index in [-0.39, 0.29) is 23.8 Å². The van der Waals surface area contributed by atoms with E-state index in [1.807, 2.05) is 49.4 Å². The highest BCUT2D eigenvalue weighted by Crippen LogP contribution is 2.59. The van der Waals surface area contributed by atoms with Crippen LogP contribution >= 0.6 is 0 Å². The minimum absolute atomic E-state index is 0.0145. The van der Waals surface area contributed by atoms with Gasteiger partial charge in [0.2, 0.25) is 12.6 Å². The number of fused-ring (bicyclic) bond motifs is 5. The molecule has 37 heavy (non-hydrogen) atoms. The maximum absolute atomic E-state index is 15.3. The lowest BCUT2D eigenvalue weighted by Crippen LogP contribution is -2.53. The van der Waals surface area contributed by atoms with Crippen LogP contribution in [0.25, 0.3) is 0 Å². The molecule has 7 rings (SSSR count). The van der Waals surface area contributed by atoms with Gasteiger partial charge in [0.25, 0.3) is 0 Å². The summed E-state index contributed by atoms with van der Waals surface area (Å²) in [5, 5.41) is 0. The van der Waals surface area contributed by atoms with Crippen LogP contribution in [0.15, 0.2) is 72.8 Å². The number of hydrogen-bond acceptors (Lipinski definition) is 5. The molecular weight excluding hydrogens is 464 g/mol. The van der Waals surface area contributed by atoms with E-state index >= 15 is 4.79 Å². The number of benzene rings is 3. The Labute approximate surface area is 215 Å². The molecule has 0 N–H and O–H groups in total. The highest BCUT2D eigenvalue weighted by Gasteiger charge is 2.68. The molecule has 0 aliphatic carbocycles. The van der Waals surface area contributed by atoms with Gasteiger partial charge >= 0.3 is 5.91 Å². The molecule has 0 saturated carbocycles. The number of amides is 1. The van der Waals surface area contributed by atoms with Crippen LogP contribution in [0.3, 0.4) is 0 Å². The van der Waals surface area contributed by atoms with Gasteiger partial charge in [-0.15, -0.1) is 0 Å². The minimum atomic E-state index is -0.990. The van der Waals surface area contributed by atoms with E-state index in [9.17, 15) is 0 Å². The Morgan fingerprint density at radius 3 is 2.43 bits per heavy atom. The first-order valence-corrected chi connectivity index (χ1v) is 12.5. The van der Waals surface area contributed by atoms with Crippen molar-refractivity contribution in [3.8, 4) is 17.2 Å². The second kappa shape index (κ2) is 7.67. The lowest BCUT2D eigenvalue weighted by atomic mass is 9.77. The number of aromatic nitrogens is 1. The number of nitrogens with zero attached hydrogens (tertiary/aromatic N) is 2. The van der Waals surface area contributed by atoms with Crippen molar-refractivity contribution in [2.45, 2.75) is 32.7 Å². The van der Waals surface area contributed by atoms with Crippen LogP contribution in [-0.4, -0.2) is 24.3 Å². The number of para-hydroxylation sites is 1. The monoisotopic (exact) mass is 491 g/mol. The lowest BCUT2D eigenvalue weighted by Gasteiger charge is -2.32. The number of rotatable bonds is 3. The molecule has 2 atom stereocenters. The van der Waals surface area contributed by atoms with Gasteiger partial charge in [0.15, 0.2) is 22.6 Å². The predicted molar refractivity (Wildman–Crippen MR) is 140 cm³/mol. The molecule has 3 aromatic carbocycles. The molecule has 0 radical (unpaired) electrons.